The molecule has 1 aliphatic rings. The standard InChI is InChI=1S/C12H15F3N8O/c1-6-17-8(9(24)18-7-3-2-4-16-5-7)22-23(6)11-19-10(20-21-11)12(13,14)15/h7,16H,2-5H2,1H3,(H,18,24)(H,19,20,21). The number of carbonyl (C=O) groups excluding carboxylic acids is 1. The molecule has 3 heterocycles. The van der Waals surface area contributed by atoms with E-state index in [2.05, 4.69) is 30.8 Å². The summed E-state index contributed by atoms with van der Waals surface area (Å²) in [5.41, 5.74) is 0. The Bertz CT molecular complexity index is 731. The molecule has 9 nitrogen and oxygen atoms in total. The third kappa shape index (κ3) is 3.37. The minimum atomic E-state index is -4.64. The highest BCUT2D eigenvalue weighted by atomic mass is 19.4. The van der Waals surface area contributed by atoms with Gasteiger partial charge in [-0.3, -0.25) is 9.89 Å². The summed E-state index contributed by atoms with van der Waals surface area (Å²) in [6.45, 7) is 3.06. The predicted octanol–water partition coefficient (Wildman–Crippen LogP) is 0.194. The van der Waals surface area contributed by atoms with E-state index in [-0.39, 0.29) is 23.6 Å². The molecule has 0 bridgehead atoms. The number of hydrogen-bond donors (Lipinski definition) is 3. The topological polar surface area (TPSA) is 113 Å². The summed E-state index contributed by atoms with van der Waals surface area (Å²) in [5, 5.41) is 15.1. The van der Waals surface area contributed by atoms with Crippen LogP contribution in [0.3, 0.4) is 0 Å². The number of aromatic nitrogens is 6. The Morgan fingerprint density at radius 2 is 2.17 bits per heavy atom. The first-order valence-electron chi connectivity index (χ1n) is 7.30. The molecule has 1 atom stereocenters. The highest BCUT2D eigenvalue weighted by Crippen LogP contribution is 2.26. The fraction of sp³-hybridized carbons (Fsp3) is 0.583. The Morgan fingerprint density at radius 1 is 1.38 bits per heavy atom. The van der Waals surface area contributed by atoms with Gasteiger partial charge in [0, 0.05) is 12.6 Å². The van der Waals surface area contributed by atoms with Crippen LogP contribution in [0.15, 0.2) is 0 Å². The van der Waals surface area contributed by atoms with Crippen LogP contribution in [0, 0.1) is 6.92 Å². The van der Waals surface area contributed by atoms with Crippen molar-refractivity contribution < 1.29 is 18.0 Å². The normalized spacial score (nSPS) is 18.6. The number of halogens is 3. The van der Waals surface area contributed by atoms with Crippen molar-refractivity contribution >= 4 is 5.91 Å². The number of aryl methyl sites for hydroxylation is 1. The van der Waals surface area contributed by atoms with Crippen LogP contribution in [-0.4, -0.2) is 55.0 Å². The number of carbonyl (C=O) groups is 1. The molecule has 0 radical (unpaired) electrons. The minimum absolute atomic E-state index is 0.0288. The van der Waals surface area contributed by atoms with Crippen LogP contribution >= 0.6 is 0 Å². The third-order valence-electron chi connectivity index (χ3n) is 3.54. The molecule has 1 unspecified atom stereocenters. The number of alkyl halides is 3. The molecule has 2 aromatic rings. The van der Waals surface area contributed by atoms with E-state index in [1.807, 2.05) is 0 Å². The number of H-pyrrole nitrogens is 1. The quantitative estimate of drug-likeness (QED) is 0.733. The second-order valence-corrected chi connectivity index (χ2v) is 5.39. The molecule has 1 fully saturated rings. The summed E-state index contributed by atoms with van der Waals surface area (Å²) < 4.78 is 38.7. The maximum atomic E-state index is 12.6. The monoisotopic (exact) mass is 344 g/mol. The molecule has 12 heteroatoms. The molecule has 0 aromatic carbocycles. The van der Waals surface area contributed by atoms with Crippen molar-refractivity contribution in [1.82, 2.24) is 40.6 Å². The lowest BCUT2D eigenvalue weighted by Gasteiger charge is -2.23. The first kappa shape index (κ1) is 16.4. The van der Waals surface area contributed by atoms with Gasteiger partial charge in [-0.2, -0.15) is 22.8 Å². The Hall–Kier alpha value is -2.50. The Balaban J connectivity index is 1.77. The summed E-state index contributed by atoms with van der Waals surface area (Å²) in [7, 11) is 0. The fourth-order valence-corrected chi connectivity index (χ4v) is 2.38. The predicted molar refractivity (Wildman–Crippen MR) is 74.4 cm³/mol. The van der Waals surface area contributed by atoms with Crippen LogP contribution in [0.5, 0.6) is 0 Å². The van der Waals surface area contributed by atoms with Gasteiger partial charge >= 0.3 is 6.18 Å². The van der Waals surface area contributed by atoms with E-state index < -0.39 is 17.9 Å². The van der Waals surface area contributed by atoms with E-state index in [0.29, 0.717) is 6.54 Å². The van der Waals surface area contributed by atoms with Crippen molar-refractivity contribution in [3.05, 3.63) is 17.5 Å². The average molecular weight is 344 g/mol. The van der Waals surface area contributed by atoms with E-state index in [9.17, 15) is 18.0 Å². The Labute approximate surface area is 134 Å². The van der Waals surface area contributed by atoms with Crippen LogP contribution in [0.2, 0.25) is 0 Å². The summed E-state index contributed by atoms with van der Waals surface area (Å²) in [4.78, 5) is 19.5. The molecular formula is C12H15F3N8O. The fourth-order valence-electron chi connectivity index (χ4n) is 2.38. The maximum absolute atomic E-state index is 12.6. The Morgan fingerprint density at radius 3 is 2.79 bits per heavy atom. The van der Waals surface area contributed by atoms with E-state index in [4.69, 9.17) is 0 Å². The molecule has 24 heavy (non-hydrogen) atoms. The van der Waals surface area contributed by atoms with Gasteiger partial charge in [-0.25, -0.2) is 4.98 Å². The van der Waals surface area contributed by atoms with Gasteiger partial charge in [0.2, 0.25) is 11.6 Å². The zero-order chi connectivity index (χ0) is 17.3. The number of piperidine rings is 1. The molecule has 1 aliphatic heterocycles. The van der Waals surface area contributed by atoms with Gasteiger partial charge in [0.05, 0.1) is 0 Å². The number of nitrogens with one attached hydrogen (secondary N) is 3. The SMILES string of the molecule is Cc1nc(C(=O)NC2CCCNC2)nn1-c1n[nH]c(C(F)(F)F)n1. The van der Waals surface area contributed by atoms with E-state index >= 15 is 0 Å². The Kier molecular flexibility index (Phi) is 4.22. The summed E-state index contributed by atoms with van der Waals surface area (Å²) in [6, 6.07) is -0.0288. The van der Waals surface area contributed by atoms with Crippen LogP contribution < -0.4 is 10.6 Å². The van der Waals surface area contributed by atoms with Crippen molar-refractivity contribution in [3.63, 3.8) is 0 Å². The molecule has 3 rings (SSSR count). The van der Waals surface area contributed by atoms with Crippen LogP contribution in [-0.2, 0) is 6.18 Å². The van der Waals surface area contributed by atoms with Gasteiger partial charge in [-0.15, -0.1) is 10.2 Å². The number of amides is 1. The third-order valence-corrected chi connectivity index (χ3v) is 3.54. The van der Waals surface area contributed by atoms with Crippen molar-refractivity contribution in [2.45, 2.75) is 32.0 Å². The lowest BCUT2D eigenvalue weighted by molar-refractivity contribution is -0.144. The lowest BCUT2D eigenvalue weighted by Crippen LogP contribution is -2.45. The van der Waals surface area contributed by atoms with Gasteiger partial charge in [0.1, 0.15) is 5.82 Å². The molecule has 130 valence electrons. The molecule has 0 spiro atoms. The summed E-state index contributed by atoms with van der Waals surface area (Å²) in [6.07, 6.45) is -2.86. The first-order valence-corrected chi connectivity index (χ1v) is 7.30. The van der Waals surface area contributed by atoms with Crippen LogP contribution in [0.25, 0.3) is 5.95 Å². The van der Waals surface area contributed by atoms with Crippen molar-refractivity contribution in [2.75, 3.05) is 13.1 Å². The highest BCUT2D eigenvalue weighted by Gasteiger charge is 2.35. The van der Waals surface area contributed by atoms with Crippen molar-refractivity contribution in [1.29, 1.82) is 0 Å². The molecule has 0 saturated carbocycles. The largest absolute Gasteiger partial charge is 0.451 e. The minimum Gasteiger partial charge on any atom is -0.345 e. The summed E-state index contributed by atoms with van der Waals surface area (Å²) in [5.74, 6) is -2.00. The van der Waals surface area contributed by atoms with E-state index in [1.54, 1.807) is 5.10 Å². The average Bonchev–Trinajstić information content (AvgIpc) is 3.14. The second kappa shape index (κ2) is 6.19. The highest BCUT2D eigenvalue weighted by molar-refractivity contribution is 5.90. The van der Waals surface area contributed by atoms with E-state index in [0.717, 1.165) is 24.1 Å². The van der Waals surface area contributed by atoms with Gasteiger partial charge in [-0.1, -0.05) is 0 Å². The first-order chi connectivity index (χ1) is 11.3. The smallest absolute Gasteiger partial charge is 0.345 e. The molecule has 3 N–H and O–H groups in total. The van der Waals surface area contributed by atoms with Gasteiger partial charge in [0.15, 0.2) is 0 Å². The number of rotatable bonds is 3. The van der Waals surface area contributed by atoms with Gasteiger partial charge < -0.3 is 10.6 Å². The van der Waals surface area contributed by atoms with Crippen LogP contribution in [0.1, 0.15) is 35.1 Å². The molecule has 2 aromatic heterocycles. The summed E-state index contributed by atoms with van der Waals surface area (Å²) >= 11 is 0. The maximum Gasteiger partial charge on any atom is 0.451 e. The molecule has 1 amide bonds. The lowest BCUT2D eigenvalue weighted by atomic mass is 10.1. The molecular weight excluding hydrogens is 329 g/mol. The van der Waals surface area contributed by atoms with Gasteiger partial charge in [-0.05, 0) is 26.3 Å². The van der Waals surface area contributed by atoms with Gasteiger partial charge in [0.25, 0.3) is 11.9 Å². The number of hydrogen-bond acceptors (Lipinski definition) is 6. The van der Waals surface area contributed by atoms with Crippen molar-refractivity contribution in [3.8, 4) is 5.95 Å². The second-order valence-electron chi connectivity index (χ2n) is 5.39. The number of nitrogens with zero attached hydrogens (tertiary/aromatic N) is 5. The zero-order valence-corrected chi connectivity index (χ0v) is 12.7. The van der Waals surface area contributed by atoms with Crippen molar-refractivity contribution in [2.24, 2.45) is 0 Å². The molecule has 1 saturated heterocycles. The van der Waals surface area contributed by atoms with E-state index in [1.165, 1.54) is 6.92 Å². The van der Waals surface area contributed by atoms with Crippen LogP contribution in [0.4, 0.5) is 13.2 Å². The molecule has 0 aliphatic carbocycles. The zero-order valence-electron chi connectivity index (χ0n) is 12.7. The number of aromatic amines is 1.